The number of allylic oxidation sites excluding steroid dienone is 11. The molecule has 0 saturated carbocycles. The number of para-hydroxylation sites is 2. The highest BCUT2D eigenvalue weighted by Gasteiger charge is 2.57. The van der Waals surface area contributed by atoms with Crippen LogP contribution in [0.25, 0.3) is 37.9 Å². The molecule has 13 rings (SSSR count). The highest BCUT2D eigenvalue weighted by molar-refractivity contribution is 6.25. The molecule has 2 nitrogen and oxygen atoms in total. The Morgan fingerprint density at radius 2 is 1.18 bits per heavy atom. The summed E-state index contributed by atoms with van der Waals surface area (Å²) in [6.07, 6.45) is 26.8. The van der Waals surface area contributed by atoms with E-state index < -0.39 is 0 Å². The molecule has 6 aliphatic carbocycles. The van der Waals surface area contributed by atoms with Crippen LogP contribution in [-0.2, 0) is 5.41 Å². The smallest absolute Gasteiger partial charge is 0.0683 e. The van der Waals surface area contributed by atoms with Gasteiger partial charge in [0.15, 0.2) is 0 Å². The van der Waals surface area contributed by atoms with Crippen LogP contribution in [0.5, 0.6) is 0 Å². The molecule has 0 radical (unpaired) electrons. The minimum Gasteiger partial charge on any atom is -0.337 e. The first-order chi connectivity index (χ1) is 30.8. The van der Waals surface area contributed by atoms with Crippen LogP contribution in [0.2, 0.25) is 0 Å². The summed E-state index contributed by atoms with van der Waals surface area (Å²) < 4.78 is 0. The van der Waals surface area contributed by atoms with Crippen molar-refractivity contribution in [3.63, 3.8) is 0 Å². The summed E-state index contributed by atoms with van der Waals surface area (Å²) in [7, 11) is 0. The van der Waals surface area contributed by atoms with Crippen molar-refractivity contribution in [2.45, 2.75) is 49.6 Å². The van der Waals surface area contributed by atoms with Crippen molar-refractivity contribution in [1.82, 2.24) is 0 Å². The summed E-state index contributed by atoms with van der Waals surface area (Å²) in [5.74, 6) is 0. The number of fused-ring (bicyclic) bond motifs is 13. The zero-order valence-electron chi connectivity index (χ0n) is 34.7. The number of nitrogens with zero attached hydrogens (tertiary/aromatic N) is 2. The predicted molar refractivity (Wildman–Crippen MR) is 261 cm³/mol. The Labute approximate surface area is 363 Å². The van der Waals surface area contributed by atoms with Gasteiger partial charge in [0.25, 0.3) is 0 Å². The first-order valence-corrected chi connectivity index (χ1v) is 22.5. The molecular formula is C60H46N2. The maximum absolute atomic E-state index is 2.69. The van der Waals surface area contributed by atoms with Crippen LogP contribution < -0.4 is 9.80 Å². The van der Waals surface area contributed by atoms with Gasteiger partial charge in [-0.25, -0.2) is 0 Å². The summed E-state index contributed by atoms with van der Waals surface area (Å²) in [5, 5.41) is 7.80. The molecule has 7 aromatic rings. The molecule has 3 unspecified atom stereocenters. The first kappa shape index (κ1) is 35.6. The lowest BCUT2D eigenvalue weighted by Crippen LogP contribution is -2.40. The predicted octanol–water partition coefficient (Wildman–Crippen LogP) is 15.0. The van der Waals surface area contributed by atoms with Crippen molar-refractivity contribution in [2.75, 3.05) is 9.80 Å². The molecule has 296 valence electrons. The van der Waals surface area contributed by atoms with Crippen LogP contribution in [0.1, 0.15) is 43.2 Å². The Kier molecular flexibility index (Phi) is 8.00. The lowest BCUT2D eigenvalue weighted by atomic mass is 9.65. The number of hydrogen-bond acceptors (Lipinski definition) is 2. The maximum Gasteiger partial charge on any atom is 0.0683 e. The van der Waals surface area contributed by atoms with Crippen LogP contribution in [0.4, 0.5) is 17.1 Å². The molecule has 0 aliphatic heterocycles. The van der Waals surface area contributed by atoms with E-state index in [4.69, 9.17) is 0 Å². The van der Waals surface area contributed by atoms with E-state index in [1.165, 1.54) is 99.6 Å². The van der Waals surface area contributed by atoms with Crippen LogP contribution in [0.15, 0.2) is 240 Å². The van der Waals surface area contributed by atoms with Crippen molar-refractivity contribution >= 4 is 55.0 Å². The van der Waals surface area contributed by atoms with Crippen LogP contribution in [0.3, 0.4) is 0 Å². The Balaban J connectivity index is 0.993. The summed E-state index contributed by atoms with van der Waals surface area (Å²) >= 11 is 0. The van der Waals surface area contributed by atoms with Gasteiger partial charge in [-0.2, -0.15) is 0 Å². The van der Waals surface area contributed by atoms with E-state index in [2.05, 4.69) is 216 Å². The second kappa shape index (κ2) is 13.9. The monoisotopic (exact) mass is 794 g/mol. The minimum absolute atomic E-state index is 0.0916. The molecule has 7 aromatic carbocycles. The molecule has 62 heavy (non-hydrogen) atoms. The van der Waals surface area contributed by atoms with Gasteiger partial charge >= 0.3 is 0 Å². The van der Waals surface area contributed by atoms with Gasteiger partial charge in [0.1, 0.15) is 0 Å². The molecule has 1 spiro atoms. The standard InChI is InChI=1S/C60H46N2/c1-4-18-40(19-5-1)61(43-34-36-49-47-26-11-10-24-45(47)46-25-12-13-27-48(46)53(49)38-43)44-35-37-51-50-28-14-15-30-54(50)60(57(51)39-44)55-31-16-29-52(55)59-56(60)32-17-33-58(59)62(41-20-6-2-7-21-41)42-22-8-3-9-23-42/h1-8,10-22,24-28,30-32,34-38,44,58H,9,23,29,33,39H2. The maximum atomic E-state index is 2.69. The van der Waals surface area contributed by atoms with Crippen molar-refractivity contribution in [1.29, 1.82) is 0 Å². The molecule has 0 N–H and O–H groups in total. The van der Waals surface area contributed by atoms with Gasteiger partial charge in [-0.1, -0.05) is 164 Å². The number of hydrogen-bond donors (Lipinski definition) is 0. The SMILES string of the molecule is C1=CCCC(N(c2ccccc2)C2CC=CC3=C2C2=C(C=CC2)C32C3=C(C=CC(N(c4ccccc4)c4ccc5c6ccccc6c6ccccc6c5c4)C3)c3ccccc32)=C1. The molecular weight excluding hydrogens is 749 g/mol. The zero-order valence-corrected chi connectivity index (χ0v) is 34.7. The van der Waals surface area contributed by atoms with Gasteiger partial charge in [0, 0.05) is 22.8 Å². The number of benzene rings is 7. The van der Waals surface area contributed by atoms with E-state index in [-0.39, 0.29) is 17.5 Å². The lowest BCUT2D eigenvalue weighted by molar-refractivity contribution is 0.641. The second-order valence-corrected chi connectivity index (χ2v) is 17.7. The van der Waals surface area contributed by atoms with Crippen molar-refractivity contribution in [2.24, 2.45) is 0 Å². The van der Waals surface area contributed by atoms with Crippen molar-refractivity contribution < 1.29 is 0 Å². The fourth-order valence-electron chi connectivity index (χ4n) is 12.3. The number of rotatable bonds is 6. The van der Waals surface area contributed by atoms with Gasteiger partial charge in [-0.05, 0) is 151 Å². The van der Waals surface area contributed by atoms with Crippen molar-refractivity contribution in [3.05, 3.63) is 251 Å². The molecule has 0 amide bonds. The lowest BCUT2D eigenvalue weighted by Gasteiger charge is -2.42. The summed E-state index contributed by atoms with van der Waals surface area (Å²) in [4.78, 5) is 5.30. The Morgan fingerprint density at radius 3 is 1.90 bits per heavy atom. The van der Waals surface area contributed by atoms with Gasteiger partial charge in [0.2, 0.25) is 0 Å². The Hall–Kier alpha value is -7.16. The summed E-state index contributed by atoms with van der Waals surface area (Å²) in [6, 6.07) is 56.9. The average molecular weight is 795 g/mol. The van der Waals surface area contributed by atoms with E-state index in [0.29, 0.717) is 0 Å². The van der Waals surface area contributed by atoms with Crippen LogP contribution >= 0.6 is 0 Å². The molecule has 2 heteroatoms. The van der Waals surface area contributed by atoms with E-state index >= 15 is 0 Å². The second-order valence-electron chi connectivity index (χ2n) is 17.7. The quantitative estimate of drug-likeness (QED) is 0.155. The van der Waals surface area contributed by atoms with E-state index in [9.17, 15) is 0 Å². The van der Waals surface area contributed by atoms with Crippen LogP contribution in [0, 0.1) is 0 Å². The summed E-state index contributed by atoms with van der Waals surface area (Å²) in [6.45, 7) is 0. The summed E-state index contributed by atoms with van der Waals surface area (Å²) in [5.41, 5.74) is 16.5. The van der Waals surface area contributed by atoms with Gasteiger partial charge in [-0.3, -0.25) is 0 Å². The van der Waals surface area contributed by atoms with Gasteiger partial charge in [-0.15, -0.1) is 0 Å². The largest absolute Gasteiger partial charge is 0.337 e. The average Bonchev–Trinajstić information content (AvgIpc) is 4.02. The van der Waals surface area contributed by atoms with Gasteiger partial charge in [0.05, 0.1) is 17.5 Å². The third-order valence-electron chi connectivity index (χ3n) is 14.6. The zero-order chi connectivity index (χ0) is 40.8. The highest BCUT2D eigenvalue weighted by atomic mass is 15.2. The molecule has 0 aromatic heterocycles. The molecule has 0 fully saturated rings. The normalized spacial score (nSPS) is 21.9. The first-order valence-electron chi connectivity index (χ1n) is 22.5. The fourth-order valence-corrected chi connectivity index (χ4v) is 12.3. The molecule has 3 atom stereocenters. The molecule has 0 bridgehead atoms. The van der Waals surface area contributed by atoms with E-state index in [1.54, 1.807) is 0 Å². The fraction of sp³-hybridized carbons (Fsp3) is 0.133. The topological polar surface area (TPSA) is 6.48 Å². The van der Waals surface area contributed by atoms with E-state index in [0.717, 1.165) is 32.1 Å². The molecule has 0 saturated heterocycles. The Bertz CT molecular complexity index is 3240. The third-order valence-corrected chi connectivity index (χ3v) is 14.6. The molecule has 0 heterocycles. The minimum atomic E-state index is -0.355. The third kappa shape index (κ3) is 5.04. The van der Waals surface area contributed by atoms with Gasteiger partial charge < -0.3 is 9.80 Å². The van der Waals surface area contributed by atoms with Crippen molar-refractivity contribution in [3.8, 4) is 0 Å². The van der Waals surface area contributed by atoms with E-state index in [1.807, 2.05) is 0 Å². The van der Waals surface area contributed by atoms with Crippen LogP contribution in [-0.4, -0.2) is 12.1 Å². The highest BCUT2D eigenvalue weighted by Crippen LogP contribution is 2.66. The number of anilines is 3. The Morgan fingerprint density at radius 1 is 0.532 bits per heavy atom. The molecule has 6 aliphatic rings.